The molecule has 0 spiro atoms. The molecule has 1 rings (SSSR count). The first kappa shape index (κ1) is 6.20. The maximum absolute atomic E-state index is 3.91. The maximum Gasteiger partial charge on any atom is 0.0631 e. The molecule has 0 saturated heterocycles. The molecule has 1 aromatic heterocycles. The lowest BCUT2D eigenvalue weighted by atomic mass is 10.2. The van der Waals surface area contributed by atoms with Gasteiger partial charge in [0.15, 0.2) is 0 Å². The van der Waals surface area contributed by atoms with Gasteiger partial charge >= 0.3 is 0 Å². The summed E-state index contributed by atoms with van der Waals surface area (Å²) in [7, 11) is 0. The summed E-state index contributed by atoms with van der Waals surface area (Å²) in [5.74, 6) is 0. The first-order chi connectivity index (χ1) is 4.33. The minimum atomic E-state index is 0.967. The Morgan fingerprint density at radius 3 is 2.78 bits per heavy atom. The Morgan fingerprint density at radius 1 is 1.56 bits per heavy atom. The van der Waals surface area contributed by atoms with Crippen molar-refractivity contribution in [1.29, 1.82) is 0 Å². The molecule has 2 nitrogen and oxygen atoms in total. The zero-order valence-corrected chi connectivity index (χ0v) is 5.76. The van der Waals surface area contributed by atoms with Crippen molar-refractivity contribution < 1.29 is 0 Å². The molecule has 0 aliphatic carbocycles. The molecule has 1 heterocycles. The van der Waals surface area contributed by atoms with Gasteiger partial charge in [0.1, 0.15) is 0 Å². The molecule has 0 atom stereocenters. The lowest BCUT2D eigenvalue weighted by Crippen LogP contribution is -1.89. The standard InChI is InChI=1S/C7H10N2/c1-3-7-4-6(2)5-8-9-7/h4-5H,3H2,1-2H3. The molecular formula is C7H10N2. The summed E-state index contributed by atoms with van der Waals surface area (Å²) in [6.45, 7) is 4.09. The number of hydrogen-bond acceptors (Lipinski definition) is 2. The van der Waals surface area contributed by atoms with Gasteiger partial charge in [-0.2, -0.15) is 10.2 Å². The molecule has 0 radical (unpaired) electrons. The third-order valence-corrected chi connectivity index (χ3v) is 1.20. The van der Waals surface area contributed by atoms with Gasteiger partial charge in [-0.1, -0.05) is 6.92 Å². The summed E-state index contributed by atoms with van der Waals surface area (Å²) < 4.78 is 0. The van der Waals surface area contributed by atoms with E-state index in [2.05, 4.69) is 17.1 Å². The van der Waals surface area contributed by atoms with Gasteiger partial charge in [0.05, 0.1) is 11.9 Å². The number of aromatic nitrogens is 2. The van der Waals surface area contributed by atoms with E-state index in [1.165, 1.54) is 5.56 Å². The summed E-state index contributed by atoms with van der Waals surface area (Å²) in [4.78, 5) is 0. The fourth-order valence-corrected chi connectivity index (χ4v) is 0.696. The van der Waals surface area contributed by atoms with Gasteiger partial charge in [0.2, 0.25) is 0 Å². The van der Waals surface area contributed by atoms with Crippen molar-refractivity contribution in [3.05, 3.63) is 23.5 Å². The number of hydrogen-bond donors (Lipinski definition) is 0. The second-order valence-corrected chi connectivity index (χ2v) is 2.08. The number of aryl methyl sites for hydroxylation is 2. The molecule has 0 aromatic carbocycles. The van der Waals surface area contributed by atoms with E-state index in [-0.39, 0.29) is 0 Å². The van der Waals surface area contributed by atoms with Crippen LogP contribution in [0, 0.1) is 6.92 Å². The van der Waals surface area contributed by atoms with Crippen molar-refractivity contribution in [2.75, 3.05) is 0 Å². The van der Waals surface area contributed by atoms with Gasteiger partial charge in [0.25, 0.3) is 0 Å². The molecule has 0 amide bonds. The summed E-state index contributed by atoms with van der Waals surface area (Å²) in [6, 6.07) is 2.05. The van der Waals surface area contributed by atoms with Crippen LogP contribution >= 0.6 is 0 Å². The van der Waals surface area contributed by atoms with Crippen LogP contribution in [-0.2, 0) is 6.42 Å². The first-order valence-corrected chi connectivity index (χ1v) is 3.11. The average molecular weight is 122 g/mol. The molecule has 0 unspecified atom stereocenters. The van der Waals surface area contributed by atoms with Crippen molar-refractivity contribution in [2.24, 2.45) is 0 Å². The lowest BCUT2D eigenvalue weighted by Gasteiger charge is -1.92. The van der Waals surface area contributed by atoms with Crippen LogP contribution in [0.1, 0.15) is 18.2 Å². The molecule has 1 aromatic rings. The summed E-state index contributed by atoms with van der Waals surface area (Å²) in [6.07, 6.45) is 2.73. The van der Waals surface area contributed by atoms with E-state index in [9.17, 15) is 0 Å². The highest BCUT2D eigenvalue weighted by atomic mass is 15.1. The van der Waals surface area contributed by atoms with Crippen LogP contribution in [0.2, 0.25) is 0 Å². The normalized spacial score (nSPS) is 9.56. The van der Waals surface area contributed by atoms with Crippen molar-refractivity contribution in [2.45, 2.75) is 20.3 Å². The van der Waals surface area contributed by atoms with Crippen molar-refractivity contribution in [1.82, 2.24) is 10.2 Å². The third kappa shape index (κ3) is 1.49. The summed E-state index contributed by atoms with van der Waals surface area (Å²) >= 11 is 0. The summed E-state index contributed by atoms with van der Waals surface area (Å²) in [5, 5.41) is 7.71. The van der Waals surface area contributed by atoms with Crippen molar-refractivity contribution in [3.8, 4) is 0 Å². The quantitative estimate of drug-likeness (QED) is 0.562. The molecule has 2 heteroatoms. The fraction of sp³-hybridized carbons (Fsp3) is 0.429. The minimum Gasteiger partial charge on any atom is -0.159 e. The summed E-state index contributed by atoms with van der Waals surface area (Å²) in [5.41, 5.74) is 2.25. The van der Waals surface area contributed by atoms with Crippen LogP contribution in [0.25, 0.3) is 0 Å². The first-order valence-electron chi connectivity index (χ1n) is 3.11. The van der Waals surface area contributed by atoms with E-state index >= 15 is 0 Å². The topological polar surface area (TPSA) is 25.8 Å². The molecule has 0 N–H and O–H groups in total. The molecule has 0 aliphatic rings. The van der Waals surface area contributed by atoms with Gasteiger partial charge in [-0.15, -0.1) is 0 Å². The van der Waals surface area contributed by atoms with E-state index in [1.807, 2.05) is 13.0 Å². The van der Waals surface area contributed by atoms with E-state index < -0.39 is 0 Å². The van der Waals surface area contributed by atoms with Gasteiger partial charge in [-0.05, 0) is 25.0 Å². The number of nitrogens with zero attached hydrogens (tertiary/aromatic N) is 2. The lowest BCUT2D eigenvalue weighted by molar-refractivity contribution is 0.909. The smallest absolute Gasteiger partial charge is 0.0631 e. The molecular weight excluding hydrogens is 112 g/mol. The predicted octanol–water partition coefficient (Wildman–Crippen LogP) is 1.35. The zero-order valence-electron chi connectivity index (χ0n) is 5.76. The monoisotopic (exact) mass is 122 g/mol. The van der Waals surface area contributed by atoms with Gasteiger partial charge in [-0.3, -0.25) is 0 Å². The van der Waals surface area contributed by atoms with E-state index in [0.717, 1.165) is 12.1 Å². The second-order valence-electron chi connectivity index (χ2n) is 2.08. The molecule has 0 aliphatic heterocycles. The van der Waals surface area contributed by atoms with Crippen LogP contribution in [0.15, 0.2) is 12.3 Å². The van der Waals surface area contributed by atoms with Gasteiger partial charge in [0, 0.05) is 0 Å². The highest BCUT2D eigenvalue weighted by molar-refractivity contribution is 5.09. The minimum absolute atomic E-state index is 0.967. The molecule has 48 valence electrons. The predicted molar refractivity (Wildman–Crippen MR) is 36.1 cm³/mol. The third-order valence-electron chi connectivity index (χ3n) is 1.20. The molecule has 9 heavy (non-hydrogen) atoms. The Labute approximate surface area is 54.9 Å². The van der Waals surface area contributed by atoms with Crippen LogP contribution in [0.4, 0.5) is 0 Å². The zero-order chi connectivity index (χ0) is 6.69. The van der Waals surface area contributed by atoms with Crippen molar-refractivity contribution >= 4 is 0 Å². The largest absolute Gasteiger partial charge is 0.159 e. The number of rotatable bonds is 1. The molecule has 0 fully saturated rings. The highest BCUT2D eigenvalue weighted by Crippen LogP contribution is 1.96. The Bertz CT molecular complexity index is 196. The van der Waals surface area contributed by atoms with Crippen LogP contribution < -0.4 is 0 Å². The van der Waals surface area contributed by atoms with Crippen molar-refractivity contribution in [3.63, 3.8) is 0 Å². The Kier molecular flexibility index (Phi) is 1.78. The maximum atomic E-state index is 3.91. The van der Waals surface area contributed by atoms with Crippen LogP contribution in [0.5, 0.6) is 0 Å². The molecule has 0 saturated carbocycles. The van der Waals surface area contributed by atoms with E-state index in [1.54, 1.807) is 6.20 Å². The van der Waals surface area contributed by atoms with Gasteiger partial charge in [-0.25, -0.2) is 0 Å². The Morgan fingerprint density at radius 2 is 2.33 bits per heavy atom. The Balaban J connectivity index is 2.94. The second kappa shape index (κ2) is 2.58. The molecule has 0 bridgehead atoms. The SMILES string of the molecule is CCc1cc(C)cnn1. The van der Waals surface area contributed by atoms with E-state index in [4.69, 9.17) is 0 Å². The Hall–Kier alpha value is -0.920. The van der Waals surface area contributed by atoms with E-state index in [0.29, 0.717) is 0 Å². The van der Waals surface area contributed by atoms with Gasteiger partial charge < -0.3 is 0 Å². The van der Waals surface area contributed by atoms with Crippen LogP contribution in [-0.4, -0.2) is 10.2 Å². The average Bonchev–Trinajstić information content (AvgIpc) is 1.88. The van der Waals surface area contributed by atoms with Crippen LogP contribution in [0.3, 0.4) is 0 Å². The fourth-order valence-electron chi connectivity index (χ4n) is 0.696. The highest BCUT2D eigenvalue weighted by Gasteiger charge is 1.88.